The lowest BCUT2D eigenvalue weighted by Gasteiger charge is -2.52. The average molecular weight is 772 g/mol. The molecule has 2 aliphatic rings. The van der Waals surface area contributed by atoms with E-state index >= 15 is 0 Å². The zero-order valence-corrected chi connectivity index (χ0v) is 35.0. The van der Waals surface area contributed by atoms with Gasteiger partial charge in [0.2, 0.25) is 5.91 Å². The largest absolute Gasteiger partial charge is 0.481 e. The van der Waals surface area contributed by atoms with Gasteiger partial charge >= 0.3 is 6.09 Å². The van der Waals surface area contributed by atoms with E-state index in [0.717, 1.165) is 31.0 Å². The molecular formula is C42H69N5O8. The summed E-state index contributed by atoms with van der Waals surface area (Å²) in [5.41, 5.74) is 1.87. The molecule has 13 nitrogen and oxygen atoms in total. The van der Waals surface area contributed by atoms with Gasteiger partial charge in [-0.15, -0.1) is 0 Å². The van der Waals surface area contributed by atoms with Crippen molar-refractivity contribution in [2.75, 3.05) is 53.1 Å². The molecule has 4 heterocycles. The van der Waals surface area contributed by atoms with Gasteiger partial charge in [-0.3, -0.25) is 19.4 Å². The number of aromatic nitrogens is 2. The maximum absolute atomic E-state index is 14.8. The van der Waals surface area contributed by atoms with E-state index in [1.807, 2.05) is 49.9 Å². The molecule has 3 atom stereocenters. The third-order valence-corrected chi connectivity index (χ3v) is 9.77. The summed E-state index contributed by atoms with van der Waals surface area (Å²) in [7, 11) is 1.68. The van der Waals surface area contributed by atoms with Crippen LogP contribution in [-0.4, -0.2) is 124 Å². The van der Waals surface area contributed by atoms with Crippen LogP contribution >= 0.6 is 0 Å². The lowest BCUT2D eigenvalue weighted by atomic mass is 9.74. The summed E-state index contributed by atoms with van der Waals surface area (Å²) < 4.78 is 12.8. The molecule has 13 heteroatoms. The molecule has 4 rings (SSSR count). The number of rotatable bonds is 14. The van der Waals surface area contributed by atoms with Gasteiger partial charge < -0.3 is 39.0 Å². The number of unbranched alkanes of at least 4 members (excludes halogenated alkanes) is 4. The summed E-state index contributed by atoms with van der Waals surface area (Å²) in [6.45, 7) is 19.4. The molecule has 0 saturated carbocycles. The van der Waals surface area contributed by atoms with Gasteiger partial charge in [-0.1, -0.05) is 74.1 Å². The van der Waals surface area contributed by atoms with Gasteiger partial charge in [0.1, 0.15) is 5.69 Å². The van der Waals surface area contributed by atoms with Crippen LogP contribution in [0.3, 0.4) is 0 Å². The van der Waals surface area contributed by atoms with Gasteiger partial charge in [-0.25, -0.2) is 4.79 Å². The summed E-state index contributed by atoms with van der Waals surface area (Å²) >= 11 is 0. The Bertz CT molecular complexity index is 1440. The fourth-order valence-corrected chi connectivity index (χ4v) is 7.40. The second-order valence-corrected chi connectivity index (χ2v) is 16.0. The monoisotopic (exact) mass is 772 g/mol. The molecule has 1 unspecified atom stereocenters. The van der Waals surface area contributed by atoms with Crippen molar-refractivity contribution in [3.8, 4) is 11.3 Å². The summed E-state index contributed by atoms with van der Waals surface area (Å²) in [5.74, 6) is -1.50. The second kappa shape index (κ2) is 23.8. The van der Waals surface area contributed by atoms with Gasteiger partial charge in [0, 0.05) is 71.3 Å². The van der Waals surface area contributed by atoms with E-state index in [2.05, 4.69) is 37.2 Å². The van der Waals surface area contributed by atoms with Crippen LogP contribution in [0.15, 0.2) is 36.7 Å². The molecule has 0 aliphatic carbocycles. The quantitative estimate of drug-likeness (QED) is 0.187. The Kier molecular flexibility index (Phi) is 20.4. The molecule has 2 saturated heterocycles. The minimum atomic E-state index is -1.07. The van der Waals surface area contributed by atoms with Crippen molar-refractivity contribution < 1.29 is 38.9 Å². The predicted octanol–water partition coefficient (Wildman–Crippen LogP) is 7.39. The lowest BCUT2D eigenvalue weighted by molar-refractivity contribution is -0.144. The highest BCUT2D eigenvalue weighted by Crippen LogP contribution is 2.39. The van der Waals surface area contributed by atoms with Crippen molar-refractivity contribution >= 4 is 23.9 Å². The smallest absolute Gasteiger partial charge is 0.407 e. The van der Waals surface area contributed by atoms with Gasteiger partial charge in [-0.05, 0) is 54.9 Å². The van der Waals surface area contributed by atoms with Crippen molar-refractivity contribution in [2.24, 2.45) is 17.3 Å². The number of carboxylic acid groups (broad SMARTS) is 2. The summed E-state index contributed by atoms with van der Waals surface area (Å²) in [4.78, 5) is 59.9. The number of likely N-dealkylation sites (tertiary alicyclic amines) is 1. The molecule has 2 fully saturated rings. The number of carboxylic acids is 1. The van der Waals surface area contributed by atoms with Gasteiger partial charge in [-0.2, -0.15) is 0 Å². The number of carbonyl (C=O) groups is 4. The average Bonchev–Trinajstić information content (AvgIpc) is 3.57. The van der Waals surface area contributed by atoms with Gasteiger partial charge in [0.15, 0.2) is 0 Å². The number of piperidine rings is 1. The van der Waals surface area contributed by atoms with Crippen LogP contribution in [0.1, 0.15) is 111 Å². The Morgan fingerprint density at radius 1 is 1.00 bits per heavy atom. The van der Waals surface area contributed by atoms with Crippen molar-refractivity contribution in [2.45, 2.75) is 119 Å². The van der Waals surface area contributed by atoms with Crippen molar-refractivity contribution in [1.82, 2.24) is 24.3 Å². The summed E-state index contributed by atoms with van der Waals surface area (Å²) in [5, 5.41) is 17.9. The Morgan fingerprint density at radius 3 is 2.15 bits per heavy atom. The number of amides is 3. The number of hydrogen-bond acceptors (Lipinski definition) is 7. The predicted molar refractivity (Wildman–Crippen MR) is 215 cm³/mol. The van der Waals surface area contributed by atoms with E-state index in [1.54, 1.807) is 24.4 Å². The van der Waals surface area contributed by atoms with Gasteiger partial charge in [0.25, 0.3) is 11.9 Å². The number of methoxy groups -OCH3 is 1. The molecule has 0 aromatic carbocycles. The van der Waals surface area contributed by atoms with Crippen LogP contribution in [0.2, 0.25) is 0 Å². The molecule has 2 aliphatic heterocycles. The van der Waals surface area contributed by atoms with Crippen molar-refractivity contribution in [3.05, 3.63) is 42.4 Å². The number of aliphatic carboxylic acids is 1. The molecule has 310 valence electrons. The van der Waals surface area contributed by atoms with E-state index in [1.165, 1.54) is 30.6 Å². The van der Waals surface area contributed by atoms with Crippen molar-refractivity contribution in [1.29, 1.82) is 0 Å². The molecule has 2 N–H and O–H groups in total. The third-order valence-electron chi connectivity index (χ3n) is 9.77. The minimum absolute atomic E-state index is 0.0702. The van der Waals surface area contributed by atoms with Crippen LogP contribution in [0.5, 0.6) is 0 Å². The van der Waals surface area contributed by atoms with E-state index in [0.29, 0.717) is 58.1 Å². The minimum Gasteiger partial charge on any atom is -0.481 e. The van der Waals surface area contributed by atoms with E-state index in [4.69, 9.17) is 19.4 Å². The first-order valence-electron chi connectivity index (χ1n) is 20.0. The molecule has 0 bridgehead atoms. The van der Waals surface area contributed by atoms with Crippen LogP contribution < -0.4 is 0 Å². The van der Waals surface area contributed by atoms with Crippen LogP contribution in [0, 0.1) is 17.3 Å². The van der Waals surface area contributed by atoms with Crippen LogP contribution in [0.25, 0.3) is 11.3 Å². The molecule has 0 spiro atoms. The first-order chi connectivity index (χ1) is 26.1. The molecule has 2 aromatic heterocycles. The number of morpholine rings is 1. The molecule has 0 radical (unpaired) electrons. The van der Waals surface area contributed by atoms with Crippen LogP contribution in [-0.2, 0) is 25.6 Å². The van der Waals surface area contributed by atoms with E-state index in [-0.39, 0.29) is 24.3 Å². The lowest BCUT2D eigenvalue weighted by Crippen LogP contribution is -2.66. The highest BCUT2D eigenvalue weighted by atomic mass is 16.5. The van der Waals surface area contributed by atoms with E-state index in [9.17, 15) is 19.5 Å². The Balaban J connectivity index is 0.000000926. The molecular weight excluding hydrogens is 702 g/mol. The number of hydrogen-bond donors (Lipinski definition) is 2. The van der Waals surface area contributed by atoms with E-state index < -0.39 is 35.5 Å². The summed E-state index contributed by atoms with van der Waals surface area (Å²) in [6, 6.07) is 6.69. The highest BCUT2D eigenvalue weighted by Gasteiger charge is 2.50. The molecule has 55 heavy (non-hydrogen) atoms. The number of nitrogens with zero attached hydrogens (tertiary/aromatic N) is 5. The summed E-state index contributed by atoms with van der Waals surface area (Å²) in [6.07, 6.45) is 10.0. The molecule has 3 amide bonds. The fraction of sp³-hybridized carbons (Fsp3) is 0.690. The molecule has 2 aromatic rings. The normalized spacial score (nSPS) is 18.5. The number of carbonyl (C=O) groups excluding carboxylic acids is 2. The topological polar surface area (TPSA) is 155 Å². The number of pyridine rings is 1. The number of ether oxygens (including phenoxy) is 2. The van der Waals surface area contributed by atoms with Gasteiger partial charge in [0.05, 0.1) is 36.9 Å². The van der Waals surface area contributed by atoms with Crippen molar-refractivity contribution in [3.63, 3.8) is 0 Å². The zero-order chi connectivity index (χ0) is 41.1. The fourth-order valence-electron chi connectivity index (χ4n) is 7.40. The highest BCUT2D eigenvalue weighted by molar-refractivity contribution is 5.94. The standard InChI is InChI=1S/C34H51N5O6.C6H14.C2H4O2/c1-24(2)22-38(32(41)28-12-11-27(25-10-9-13-35-21-25)37(28)14-7-8-17-44-6)29-20-26(31(40)36-15-18-45-19-16-36)23-39(33(42)43)30(29)34(3,4)5;1-3-5-6-4-2;1-2(3)4/h9-13,21,24,26,29-30H,7-8,14-20,22-23H2,1-6H3,(H,42,43);3-6H2,1-2H3;1H3,(H,3,4)/t26-,29+,30?;;/m1../s1. The first kappa shape index (κ1) is 47.2. The maximum Gasteiger partial charge on any atom is 0.407 e. The van der Waals surface area contributed by atoms with Crippen LogP contribution in [0.4, 0.5) is 4.79 Å². The third kappa shape index (κ3) is 14.9. The Labute approximate surface area is 329 Å². The second-order valence-electron chi connectivity index (χ2n) is 16.0. The Hall–Kier alpha value is -3.97. The Morgan fingerprint density at radius 2 is 1.64 bits per heavy atom. The maximum atomic E-state index is 14.8. The zero-order valence-electron chi connectivity index (χ0n) is 35.0. The SMILES string of the molecule is CC(=O)O.CCCCCC.COCCCCn1c(C(=O)N(CC(C)C)[C@H]2C[C@@H](C(=O)N3CCOCC3)CN(C(=O)O)C2C(C)(C)C)ccc1-c1cccnc1. The first-order valence-corrected chi connectivity index (χ1v) is 20.0.